The molecule has 6 heteroatoms. The molecule has 0 bridgehead atoms. The van der Waals surface area contributed by atoms with Gasteiger partial charge in [-0.2, -0.15) is 0 Å². The van der Waals surface area contributed by atoms with E-state index >= 15 is 0 Å². The Morgan fingerprint density at radius 2 is 2.16 bits per heavy atom. The van der Waals surface area contributed by atoms with E-state index in [2.05, 4.69) is 10.3 Å². The lowest BCUT2D eigenvalue weighted by Gasteiger charge is -2.27. The lowest BCUT2D eigenvalue weighted by atomic mass is 10.1. The molecule has 3 rings (SSSR count). The molecule has 0 saturated carbocycles. The molecule has 2 aromatic rings. The van der Waals surface area contributed by atoms with Crippen molar-refractivity contribution in [3.8, 4) is 0 Å². The first kappa shape index (κ1) is 11.5. The Hall–Kier alpha value is -2.63. The van der Waals surface area contributed by atoms with E-state index in [4.69, 9.17) is 5.73 Å². The Bertz CT molecular complexity index is 683. The number of carbonyl (C=O) groups excluding carboxylic acids is 2. The van der Waals surface area contributed by atoms with E-state index in [0.717, 1.165) is 10.9 Å². The SMILES string of the molecule is Nc1cnc2cccc(N3CCC(=O)NC3=O)c2c1. The van der Waals surface area contributed by atoms with Crippen molar-refractivity contribution in [3.05, 3.63) is 30.5 Å². The highest BCUT2D eigenvalue weighted by Gasteiger charge is 2.25. The standard InChI is InChI=1S/C13H12N4O2/c14-8-6-9-10(15-7-8)2-1-3-11(9)17-5-4-12(18)16-13(17)19/h1-3,6-7H,4-5,14H2,(H,16,18,19). The predicted octanol–water partition coefficient (Wildman–Crippen LogP) is 1.26. The predicted molar refractivity (Wildman–Crippen MR) is 71.7 cm³/mol. The highest BCUT2D eigenvalue weighted by molar-refractivity contribution is 6.09. The Morgan fingerprint density at radius 1 is 1.32 bits per heavy atom. The fraction of sp³-hybridized carbons (Fsp3) is 0.154. The van der Waals surface area contributed by atoms with Gasteiger partial charge >= 0.3 is 6.03 Å². The number of urea groups is 1. The third kappa shape index (κ3) is 1.97. The summed E-state index contributed by atoms with van der Waals surface area (Å²) in [6.07, 6.45) is 1.86. The molecule has 1 aromatic heterocycles. The number of hydrogen-bond donors (Lipinski definition) is 2. The summed E-state index contributed by atoms with van der Waals surface area (Å²) in [5.74, 6) is -0.251. The maximum absolute atomic E-state index is 11.9. The van der Waals surface area contributed by atoms with Crippen LogP contribution in [0.25, 0.3) is 10.9 Å². The highest BCUT2D eigenvalue weighted by Crippen LogP contribution is 2.28. The molecule has 0 spiro atoms. The molecule has 19 heavy (non-hydrogen) atoms. The van der Waals surface area contributed by atoms with Gasteiger partial charge in [0, 0.05) is 18.4 Å². The quantitative estimate of drug-likeness (QED) is 0.804. The van der Waals surface area contributed by atoms with Crippen LogP contribution < -0.4 is 16.0 Å². The fourth-order valence-electron chi connectivity index (χ4n) is 2.18. The Morgan fingerprint density at radius 3 is 2.95 bits per heavy atom. The number of anilines is 2. The molecule has 1 saturated heterocycles. The lowest BCUT2D eigenvalue weighted by Crippen LogP contribution is -2.49. The molecule has 0 radical (unpaired) electrons. The molecule has 1 aliphatic heterocycles. The topological polar surface area (TPSA) is 88.3 Å². The summed E-state index contributed by atoms with van der Waals surface area (Å²) in [6.45, 7) is 0.360. The number of aromatic nitrogens is 1. The highest BCUT2D eigenvalue weighted by atomic mass is 16.2. The Kier molecular flexibility index (Phi) is 2.56. The van der Waals surface area contributed by atoms with E-state index in [9.17, 15) is 9.59 Å². The van der Waals surface area contributed by atoms with Gasteiger partial charge in [-0.15, -0.1) is 0 Å². The zero-order chi connectivity index (χ0) is 13.4. The van der Waals surface area contributed by atoms with E-state index < -0.39 is 6.03 Å². The Labute approximate surface area is 109 Å². The summed E-state index contributed by atoms with van der Waals surface area (Å²) < 4.78 is 0. The van der Waals surface area contributed by atoms with Crippen LogP contribution in [0.1, 0.15) is 6.42 Å². The average molecular weight is 256 g/mol. The number of carbonyl (C=O) groups is 2. The second kappa shape index (κ2) is 4.24. The number of fused-ring (bicyclic) bond motifs is 1. The summed E-state index contributed by atoms with van der Waals surface area (Å²) in [7, 11) is 0. The number of nitrogens with two attached hydrogens (primary N) is 1. The third-order valence-electron chi connectivity index (χ3n) is 3.07. The molecule has 6 nitrogen and oxygen atoms in total. The van der Waals surface area contributed by atoms with Crippen LogP contribution in [0.2, 0.25) is 0 Å². The summed E-state index contributed by atoms with van der Waals surface area (Å²) in [5, 5.41) is 3.10. The number of nitrogens with one attached hydrogen (secondary N) is 1. The number of nitrogens with zero attached hydrogens (tertiary/aromatic N) is 2. The molecule has 0 unspecified atom stereocenters. The summed E-state index contributed by atoms with van der Waals surface area (Å²) >= 11 is 0. The van der Waals surface area contributed by atoms with Crippen LogP contribution in [-0.4, -0.2) is 23.5 Å². The molecule has 2 heterocycles. The van der Waals surface area contributed by atoms with E-state index in [1.54, 1.807) is 12.3 Å². The van der Waals surface area contributed by atoms with Crippen LogP contribution in [0.3, 0.4) is 0 Å². The maximum Gasteiger partial charge on any atom is 0.328 e. The zero-order valence-electron chi connectivity index (χ0n) is 10.1. The van der Waals surface area contributed by atoms with E-state index in [0.29, 0.717) is 17.9 Å². The van der Waals surface area contributed by atoms with E-state index in [-0.39, 0.29) is 12.3 Å². The number of rotatable bonds is 1. The Balaban J connectivity index is 2.12. The van der Waals surface area contributed by atoms with E-state index in [1.807, 2.05) is 18.2 Å². The van der Waals surface area contributed by atoms with Crippen LogP contribution in [0.15, 0.2) is 30.5 Å². The van der Waals surface area contributed by atoms with Gasteiger partial charge in [0.1, 0.15) is 0 Å². The molecule has 1 fully saturated rings. The second-order valence-electron chi connectivity index (χ2n) is 4.37. The molecular weight excluding hydrogens is 244 g/mol. The average Bonchev–Trinajstić information content (AvgIpc) is 2.38. The second-order valence-corrected chi connectivity index (χ2v) is 4.37. The number of hydrogen-bond acceptors (Lipinski definition) is 4. The minimum Gasteiger partial charge on any atom is -0.397 e. The van der Waals surface area contributed by atoms with Crippen molar-refractivity contribution in [2.24, 2.45) is 0 Å². The van der Waals surface area contributed by atoms with Crippen molar-refractivity contribution < 1.29 is 9.59 Å². The van der Waals surface area contributed by atoms with Crippen LogP contribution in [0, 0.1) is 0 Å². The molecule has 1 aromatic carbocycles. The van der Waals surface area contributed by atoms with Gasteiger partial charge in [0.25, 0.3) is 0 Å². The maximum atomic E-state index is 11.9. The van der Waals surface area contributed by atoms with Gasteiger partial charge in [-0.1, -0.05) is 6.07 Å². The van der Waals surface area contributed by atoms with Crippen molar-refractivity contribution in [2.75, 3.05) is 17.2 Å². The smallest absolute Gasteiger partial charge is 0.328 e. The van der Waals surface area contributed by atoms with Gasteiger partial charge in [-0.05, 0) is 18.2 Å². The van der Waals surface area contributed by atoms with Crippen molar-refractivity contribution in [1.29, 1.82) is 0 Å². The molecule has 1 aliphatic rings. The minimum atomic E-state index is -0.411. The van der Waals surface area contributed by atoms with Gasteiger partial charge in [-0.3, -0.25) is 20.0 Å². The van der Waals surface area contributed by atoms with Crippen molar-refractivity contribution in [3.63, 3.8) is 0 Å². The monoisotopic (exact) mass is 256 g/mol. The number of amides is 3. The van der Waals surface area contributed by atoms with Crippen LogP contribution in [0.4, 0.5) is 16.2 Å². The minimum absolute atomic E-state index is 0.251. The van der Waals surface area contributed by atoms with Crippen molar-refractivity contribution in [2.45, 2.75) is 6.42 Å². The molecule has 0 atom stereocenters. The largest absolute Gasteiger partial charge is 0.397 e. The number of pyridine rings is 1. The van der Waals surface area contributed by atoms with Gasteiger partial charge in [0.2, 0.25) is 5.91 Å². The molecular formula is C13H12N4O2. The molecule has 3 amide bonds. The first-order valence-corrected chi connectivity index (χ1v) is 5.91. The lowest BCUT2D eigenvalue weighted by molar-refractivity contribution is -0.120. The first-order chi connectivity index (χ1) is 9.15. The van der Waals surface area contributed by atoms with Gasteiger partial charge < -0.3 is 5.73 Å². The number of imide groups is 1. The normalized spacial score (nSPS) is 15.7. The van der Waals surface area contributed by atoms with Gasteiger partial charge in [-0.25, -0.2) is 4.79 Å². The summed E-state index contributed by atoms with van der Waals surface area (Å²) in [6, 6.07) is 6.86. The van der Waals surface area contributed by atoms with Gasteiger partial charge in [0.05, 0.1) is 23.1 Å². The zero-order valence-corrected chi connectivity index (χ0v) is 10.1. The first-order valence-electron chi connectivity index (χ1n) is 5.91. The van der Waals surface area contributed by atoms with Crippen LogP contribution >= 0.6 is 0 Å². The van der Waals surface area contributed by atoms with Crippen LogP contribution in [-0.2, 0) is 4.79 Å². The van der Waals surface area contributed by atoms with Gasteiger partial charge in [0.15, 0.2) is 0 Å². The number of nitrogen functional groups attached to an aromatic ring is 1. The third-order valence-corrected chi connectivity index (χ3v) is 3.07. The van der Waals surface area contributed by atoms with Crippen LogP contribution in [0.5, 0.6) is 0 Å². The molecule has 0 aliphatic carbocycles. The molecule has 3 N–H and O–H groups in total. The summed E-state index contributed by atoms with van der Waals surface area (Å²) in [5.41, 5.74) is 7.75. The number of benzene rings is 1. The summed E-state index contributed by atoms with van der Waals surface area (Å²) in [4.78, 5) is 28.8. The molecule has 96 valence electrons. The van der Waals surface area contributed by atoms with E-state index in [1.165, 1.54) is 4.90 Å². The van der Waals surface area contributed by atoms with Crippen molar-refractivity contribution >= 4 is 34.2 Å². The fourth-order valence-corrected chi connectivity index (χ4v) is 2.18. The van der Waals surface area contributed by atoms with Crippen molar-refractivity contribution in [1.82, 2.24) is 10.3 Å².